The summed E-state index contributed by atoms with van der Waals surface area (Å²) >= 11 is 0. The highest BCUT2D eigenvalue weighted by atomic mass is 16.6. The first-order valence-corrected chi connectivity index (χ1v) is 14.9. The van der Waals surface area contributed by atoms with Gasteiger partial charge < -0.3 is 25.4 Å². The molecule has 0 spiro atoms. The third-order valence-electron chi connectivity index (χ3n) is 6.49. The Morgan fingerprint density at radius 2 is 1.48 bits per heavy atom. The Bertz CT molecular complexity index is 1640. The van der Waals surface area contributed by atoms with E-state index in [1.165, 1.54) is 0 Å². The fraction of sp³-hybridized carbons (Fsp3) is 0.324. The Morgan fingerprint density at radius 3 is 2.09 bits per heavy atom. The van der Waals surface area contributed by atoms with Crippen LogP contribution in [-0.4, -0.2) is 44.4 Å². The first-order chi connectivity index (χ1) is 21.7. The normalized spacial score (nSPS) is 12.1. The van der Waals surface area contributed by atoms with Crippen LogP contribution in [0.5, 0.6) is 11.5 Å². The third-order valence-corrected chi connectivity index (χ3v) is 6.49. The maximum Gasteiger partial charge on any atom is 0.408 e. The van der Waals surface area contributed by atoms with E-state index in [4.69, 9.17) is 14.6 Å². The van der Waals surface area contributed by atoms with Crippen LogP contribution in [-0.2, 0) is 21.5 Å². The van der Waals surface area contributed by atoms with E-state index in [1.54, 1.807) is 81.2 Å². The molecule has 0 aliphatic heterocycles. The van der Waals surface area contributed by atoms with Gasteiger partial charge in [0, 0.05) is 36.1 Å². The molecule has 2 aromatic heterocycles. The largest absolute Gasteiger partial charge is 0.457 e. The predicted molar refractivity (Wildman–Crippen MR) is 176 cm³/mol. The second-order valence-electron chi connectivity index (χ2n) is 12.7. The number of hydrogen-bond acceptors (Lipinski definition) is 7. The number of carbonyl (C=O) groups is 3. The third kappa shape index (κ3) is 9.81. The van der Waals surface area contributed by atoms with Gasteiger partial charge in [0.25, 0.3) is 0 Å². The van der Waals surface area contributed by atoms with Crippen LogP contribution in [0.15, 0.2) is 79.1 Å². The highest BCUT2D eigenvalue weighted by Gasteiger charge is 2.23. The van der Waals surface area contributed by atoms with Gasteiger partial charge in [0.1, 0.15) is 29.0 Å². The predicted octanol–water partition coefficient (Wildman–Crippen LogP) is 6.53. The van der Waals surface area contributed by atoms with Crippen LogP contribution in [0.3, 0.4) is 0 Å². The molecular weight excluding hydrogens is 586 g/mol. The van der Waals surface area contributed by atoms with Gasteiger partial charge in [-0.3, -0.25) is 15.1 Å². The van der Waals surface area contributed by atoms with Crippen LogP contribution in [0, 0.1) is 0 Å². The van der Waals surface area contributed by atoms with Gasteiger partial charge in [0.15, 0.2) is 0 Å². The average Bonchev–Trinajstić information content (AvgIpc) is 3.41. The van der Waals surface area contributed by atoms with E-state index in [9.17, 15) is 14.4 Å². The zero-order chi connectivity index (χ0) is 33.5. The molecule has 2 heterocycles. The summed E-state index contributed by atoms with van der Waals surface area (Å²) in [6.07, 6.45) is 2.64. The SMILES string of the molecule is C[C@@H](NC(=O)OC(C)(C)C)C(=O)NCc1ccc(-n2nc(C(C)(C)C)cc2NC(=O)Nc2ccc(Oc3ccncc3)cc2)cc1. The summed E-state index contributed by atoms with van der Waals surface area (Å²) in [5, 5.41) is 15.9. The smallest absolute Gasteiger partial charge is 0.408 e. The quantitative estimate of drug-likeness (QED) is 0.165. The van der Waals surface area contributed by atoms with E-state index in [2.05, 4.69) is 26.3 Å². The van der Waals surface area contributed by atoms with Crippen molar-refractivity contribution in [2.45, 2.75) is 72.1 Å². The Balaban J connectivity index is 1.39. The van der Waals surface area contributed by atoms with Crippen LogP contribution in [0.25, 0.3) is 5.69 Å². The zero-order valence-electron chi connectivity index (χ0n) is 27.2. The summed E-state index contributed by atoms with van der Waals surface area (Å²) in [7, 11) is 0. The van der Waals surface area contributed by atoms with E-state index in [0.717, 1.165) is 16.9 Å². The Labute approximate surface area is 268 Å². The maximum absolute atomic E-state index is 13.0. The highest BCUT2D eigenvalue weighted by molar-refractivity contribution is 5.99. The Morgan fingerprint density at radius 1 is 0.848 bits per heavy atom. The number of amides is 4. The number of pyridine rings is 1. The van der Waals surface area contributed by atoms with Crippen molar-refractivity contribution in [3.63, 3.8) is 0 Å². The van der Waals surface area contributed by atoms with Crippen LogP contribution in [0.4, 0.5) is 21.1 Å². The van der Waals surface area contributed by atoms with Crippen molar-refractivity contribution in [1.29, 1.82) is 0 Å². The number of rotatable bonds is 9. The van der Waals surface area contributed by atoms with Crippen molar-refractivity contribution in [1.82, 2.24) is 25.4 Å². The summed E-state index contributed by atoms with van der Waals surface area (Å²) < 4.78 is 12.7. The molecule has 0 fully saturated rings. The van der Waals surface area contributed by atoms with Gasteiger partial charge in [-0.15, -0.1) is 0 Å². The van der Waals surface area contributed by atoms with Crippen molar-refractivity contribution < 1.29 is 23.9 Å². The lowest BCUT2D eigenvalue weighted by molar-refractivity contribution is -0.122. The molecular formula is C34H41N7O5. The number of nitrogens with one attached hydrogen (secondary N) is 4. The monoisotopic (exact) mass is 627 g/mol. The van der Waals surface area contributed by atoms with E-state index in [1.807, 2.05) is 51.1 Å². The molecule has 242 valence electrons. The van der Waals surface area contributed by atoms with Crippen molar-refractivity contribution in [2.75, 3.05) is 10.6 Å². The first-order valence-electron chi connectivity index (χ1n) is 14.9. The molecule has 4 aromatic rings. The Hall–Kier alpha value is -5.39. The minimum atomic E-state index is -0.771. The van der Waals surface area contributed by atoms with Crippen molar-refractivity contribution in [3.05, 3.63) is 90.4 Å². The van der Waals surface area contributed by atoms with E-state index < -0.39 is 23.8 Å². The molecule has 0 aliphatic carbocycles. The van der Waals surface area contributed by atoms with Crippen molar-refractivity contribution >= 4 is 29.5 Å². The number of nitrogens with zero attached hydrogens (tertiary/aromatic N) is 3. The van der Waals surface area contributed by atoms with E-state index in [0.29, 0.717) is 23.0 Å². The molecule has 0 saturated heterocycles. The topological polar surface area (TPSA) is 148 Å². The summed E-state index contributed by atoms with van der Waals surface area (Å²) in [6, 6.07) is 18.6. The van der Waals surface area contributed by atoms with Crippen LogP contribution < -0.4 is 26.0 Å². The fourth-order valence-electron chi connectivity index (χ4n) is 4.11. The number of ether oxygens (including phenoxy) is 2. The second-order valence-corrected chi connectivity index (χ2v) is 12.7. The van der Waals surface area contributed by atoms with Gasteiger partial charge in [-0.25, -0.2) is 14.3 Å². The van der Waals surface area contributed by atoms with E-state index >= 15 is 0 Å². The van der Waals surface area contributed by atoms with Crippen molar-refractivity contribution in [3.8, 4) is 17.2 Å². The number of aromatic nitrogens is 3. The molecule has 46 heavy (non-hydrogen) atoms. The lowest BCUT2D eigenvalue weighted by Gasteiger charge is -2.21. The second kappa shape index (κ2) is 14.1. The molecule has 0 saturated carbocycles. The standard InChI is InChI=1S/C34H41N7O5/c1-22(37-32(44)46-34(5,6)7)30(42)36-21-23-8-12-25(13-9-23)41-29(20-28(40-41)33(2,3)4)39-31(43)38-24-10-14-26(15-11-24)45-27-16-18-35-19-17-27/h8-20,22H,21H2,1-7H3,(H,36,42)(H,37,44)(H2,38,39,43)/t22-/m1/s1. The van der Waals surface area contributed by atoms with Crippen LogP contribution in [0.1, 0.15) is 59.7 Å². The maximum atomic E-state index is 13.0. The lowest BCUT2D eigenvalue weighted by atomic mass is 9.92. The molecule has 4 amide bonds. The summed E-state index contributed by atoms with van der Waals surface area (Å²) in [5.74, 6) is 1.43. The van der Waals surface area contributed by atoms with Crippen LogP contribution >= 0.6 is 0 Å². The molecule has 0 aliphatic rings. The van der Waals surface area contributed by atoms with Gasteiger partial charge in [-0.1, -0.05) is 32.9 Å². The van der Waals surface area contributed by atoms with Gasteiger partial charge in [-0.05, 0) is 81.8 Å². The molecule has 0 radical (unpaired) electrons. The highest BCUT2D eigenvalue weighted by Crippen LogP contribution is 2.27. The summed E-state index contributed by atoms with van der Waals surface area (Å²) in [6.45, 7) is 13.2. The summed E-state index contributed by atoms with van der Waals surface area (Å²) in [4.78, 5) is 41.5. The Kier molecular flexibility index (Phi) is 10.3. The average molecular weight is 628 g/mol. The fourth-order valence-corrected chi connectivity index (χ4v) is 4.11. The van der Waals surface area contributed by atoms with Gasteiger partial charge in [-0.2, -0.15) is 5.10 Å². The molecule has 12 nitrogen and oxygen atoms in total. The van der Waals surface area contributed by atoms with E-state index in [-0.39, 0.29) is 17.9 Å². The van der Waals surface area contributed by atoms with Gasteiger partial charge in [0.2, 0.25) is 5.91 Å². The molecule has 0 unspecified atom stereocenters. The lowest BCUT2D eigenvalue weighted by Crippen LogP contribution is -2.46. The number of hydrogen-bond donors (Lipinski definition) is 4. The van der Waals surface area contributed by atoms with Crippen LogP contribution in [0.2, 0.25) is 0 Å². The van der Waals surface area contributed by atoms with Gasteiger partial charge >= 0.3 is 12.1 Å². The zero-order valence-corrected chi connectivity index (χ0v) is 27.2. The molecule has 12 heteroatoms. The minimum Gasteiger partial charge on any atom is -0.457 e. The summed E-state index contributed by atoms with van der Waals surface area (Å²) in [5.41, 5.74) is 2.02. The molecule has 4 N–H and O–H groups in total. The molecule has 2 aromatic carbocycles. The number of anilines is 2. The number of urea groups is 1. The number of alkyl carbamates (subject to hydrolysis) is 1. The minimum absolute atomic E-state index is 0.256. The first kappa shape index (κ1) is 33.5. The number of carbonyl (C=O) groups excluding carboxylic acids is 3. The molecule has 1 atom stereocenters. The van der Waals surface area contributed by atoms with Gasteiger partial charge in [0.05, 0.1) is 11.4 Å². The molecule has 4 rings (SSSR count). The van der Waals surface area contributed by atoms with Crippen molar-refractivity contribution in [2.24, 2.45) is 0 Å². The number of benzene rings is 2. The molecule has 0 bridgehead atoms.